The fourth-order valence-electron chi connectivity index (χ4n) is 3.81. The highest BCUT2D eigenvalue weighted by Crippen LogP contribution is 2.21. The van der Waals surface area contributed by atoms with Crippen molar-refractivity contribution < 1.29 is 8.42 Å². The van der Waals surface area contributed by atoms with Gasteiger partial charge in [-0.25, -0.2) is 13.1 Å². The van der Waals surface area contributed by atoms with Crippen LogP contribution in [0, 0.1) is 5.92 Å². The summed E-state index contributed by atoms with van der Waals surface area (Å²) < 4.78 is 28.2. The van der Waals surface area contributed by atoms with Gasteiger partial charge in [0, 0.05) is 29.7 Å². The third-order valence-electron chi connectivity index (χ3n) is 5.59. The minimum absolute atomic E-state index is 0.210. The average Bonchev–Trinajstić information content (AvgIpc) is 2.74. The molecule has 30 heavy (non-hydrogen) atoms. The maximum absolute atomic E-state index is 12.7. The number of sulfonamides is 1. The van der Waals surface area contributed by atoms with Gasteiger partial charge >= 0.3 is 0 Å². The summed E-state index contributed by atoms with van der Waals surface area (Å²) in [5, 5.41) is 1.43. The van der Waals surface area contributed by atoms with Crippen LogP contribution in [0.25, 0.3) is 10.9 Å². The average molecular weight is 446 g/mol. The molecule has 1 fully saturated rings. The SMILES string of the molecule is O=c1ccc2cc(S(=O)(=O)NCC3CCN(Cc4ccc(Cl)cc4)CC3)ccc2[nH]1. The van der Waals surface area contributed by atoms with Gasteiger partial charge in [0.25, 0.3) is 0 Å². The Labute approximate surface area is 180 Å². The van der Waals surface area contributed by atoms with Crippen molar-refractivity contribution in [1.29, 1.82) is 0 Å². The molecular formula is C22H24ClN3O3S. The van der Waals surface area contributed by atoms with Gasteiger partial charge in [-0.2, -0.15) is 0 Å². The Morgan fingerprint density at radius 1 is 1.03 bits per heavy atom. The van der Waals surface area contributed by atoms with E-state index in [0.717, 1.165) is 37.5 Å². The van der Waals surface area contributed by atoms with E-state index in [1.807, 2.05) is 24.3 Å². The van der Waals surface area contributed by atoms with Crippen molar-refractivity contribution in [1.82, 2.24) is 14.6 Å². The van der Waals surface area contributed by atoms with E-state index < -0.39 is 10.0 Å². The molecule has 6 nitrogen and oxygen atoms in total. The minimum atomic E-state index is -3.60. The van der Waals surface area contributed by atoms with Gasteiger partial charge in [-0.05, 0) is 79.2 Å². The van der Waals surface area contributed by atoms with Crippen LogP contribution in [0.4, 0.5) is 0 Å². The van der Waals surface area contributed by atoms with E-state index >= 15 is 0 Å². The Kier molecular flexibility index (Phi) is 6.24. The summed E-state index contributed by atoms with van der Waals surface area (Å²) in [4.78, 5) is 16.7. The number of aromatic nitrogens is 1. The largest absolute Gasteiger partial charge is 0.322 e. The Hall–Kier alpha value is -2.19. The van der Waals surface area contributed by atoms with Crippen LogP contribution in [0.15, 0.2) is 64.3 Å². The zero-order chi connectivity index (χ0) is 21.1. The molecule has 0 radical (unpaired) electrons. The lowest BCUT2D eigenvalue weighted by molar-refractivity contribution is 0.178. The molecule has 2 N–H and O–H groups in total. The predicted octanol–water partition coefficient (Wildman–Crippen LogP) is 3.37. The highest BCUT2D eigenvalue weighted by Gasteiger charge is 2.22. The maximum Gasteiger partial charge on any atom is 0.248 e. The summed E-state index contributed by atoms with van der Waals surface area (Å²) in [5.74, 6) is 0.318. The Balaban J connectivity index is 1.32. The molecule has 1 aromatic heterocycles. The number of likely N-dealkylation sites (tertiary alicyclic amines) is 1. The summed E-state index contributed by atoms with van der Waals surface area (Å²) >= 11 is 5.94. The van der Waals surface area contributed by atoms with Gasteiger partial charge in [0.05, 0.1) is 4.90 Å². The highest BCUT2D eigenvalue weighted by atomic mass is 35.5. The molecule has 4 rings (SSSR count). The molecule has 3 aromatic rings. The van der Waals surface area contributed by atoms with Gasteiger partial charge < -0.3 is 4.98 Å². The van der Waals surface area contributed by atoms with Crippen molar-refractivity contribution >= 4 is 32.5 Å². The molecule has 1 saturated heterocycles. The first-order valence-corrected chi connectivity index (χ1v) is 11.8. The van der Waals surface area contributed by atoms with Gasteiger partial charge in [0.1, 0.15) is 0 Å². The number of hydrogen-bond acceptors (Lipinski definition) is 4. The molecule has 2 heterocycles. The van der Waals surface area contributed by atoms with Crippen LogP contribution in [-0.4, -0.2) is 37.9 Å². The number of nitrogens with zero attached hydrogens (tertiary/aromatic N) is 1. The monoisotopic (exact) mass is 445 g/mol. The number of nitrogens with one attached hydrogen (secondary N) is 2. The standard InChI is InChI=1S/C22H24ClN3O3S/c23-19-4-1-17(2-5-19)15-26-11-9-16(10-12-26)14-24-30(28,29)20-6-7-21-18(13-20)3-8-22(27)25-21/h1-8,13,16,24H,9-12,14-15H2,(H,25,27). The van der Waals surface area contributed by atoms with Crippen LogP contribution in [0.5, 0.6) is 0 Å². The van der Waals surface area contributed by atoms with Crippen molar-refractivity contribution in [3.8, 4) is 0 Å². The van der Waals surface area contributed by atoms with Crippen molar-refractivity contribution in [2.45, 2.75) is 24.3 Å². The van der Waals surface area contributed by atoms with E-state index in [9.17, 15) is 13.2 Å². The van der Waals surface area contributed by atoms with Gasteiger partial charge in [-0.15, -0.1) is 0 Å². The van der Waals surface area contributed by atoms with Crippen molar-refractivity contribution in [2.75, 3.05) is 19.6 Å². The van der Waals surface area contributed by atoms with Crippen LogP contribution < -0.4 is 10.3 Å². The molecule has 0 bridgehead atoms. The number of piperidine rings is 1. The van der Waals surface area contributed by atoms with Gasteiger partial charge in [-0.1, -0.05) is 23.7 Å². The summed E-state index contributed by atoms with van der Waals surface area (Å²) in [6.07, 6.45) is 1.91. The smallest absolute Gasteiger partial charge is 0.248 e. The fourth-order valence-corrected chi connectivity index (χ4v) is 5.08. The first kappa shape index (κ1) is 21.1. The quantitative estimate of drug-likeness (QED) is 0.609. The van der Waals surface area contributed by atoms with Crippen LogP contribution in [0.2, 0.25) is 5.02 Å². The van der Waals surface area contributed by atoms with Crippen molar-refractivity contribution in [2.24, 2.45) is 5.92 Å². The number of hydrogen-bond donors (Lipinski definition) is 2. The number of rotatable bonds is 6. The second kappa shape index (κ2) is 8.89. The fraction of sp³-hybridized carbons (Fsp3) is 0.318. The summed E-state index contributed by atoms with van der Waals surface area (Å²) in [5.41, 5.74) is 1.64. The molecule has 0 atom stereocenters. The number of aromatic amines is 1. The molecule has 0 aliphatic carbocycles. The van der Waals surface area contributed by atoms with Gasteiger partial charge in [-0.3, -0.25) is 9.69 Å². The van der Waals surface area contributed by atoms with E-state index in [-0.39, 0.29) is 10.5 Å². The van der Waals surface area contributed by atoms with Crippen LogP contribution >= 0.6 is 11.6 Å². The molecule has 0 spiro atoms. The molecule has 1 aliphatic rings. The number of benzene rings is 2. The molecule has 158 valence electrons. The van der Waals surface area contributed by atoms with E-state index in [1.165, 1.54) is 17.7 Å². The Morgan fingerprint density at radius 3 is 2.50 bits per heavy atom. The topological polar surface area (TPSA) is 82.3 Å². The minimum Gasteiger partial charge on any atom is -0.322 e. The zero-order valence-electron chi connectivity index (χ0n) is 16.5. The van der Waals surface area contributed by atoms with Crippen LogP contribution in [-0.2, 0) is 16.6 Å². The molecule has 0 amide bonds. The zero-order valence-corrected chi connectivity index (χ0v) is 18.0. The first-order valence-electron chi connectivity index (χ1n) is 9.99. The lowest BCUT2D eigenvalue weighted by Crippen LogP contribution is -2.38. The molecule has 8 heteroatoms. The van der Waals surface area contributed by atoms with Gasteiger partial charge in [0.2, 0.25) is 15.6 Å². The van der Waals surface area contributed by atoms with E-state index in [1.54, 1.807) is 18.2 Å². The lowest BCUT2D eigenvalue weighted by atomic mass is 9.97. The summed E-state index contributed by atoms with van der Waals surface area (Å²) in [6, 6.07) is 15.7. The normalized spacial score (nSPS) is 16.2. The second-order valence-electron chi connectivity index (χ2n) is 7.77. The summed E-state index contributed by atoms with van der Waals surface area (Å²) in [6.45, 7) is 3.20. The van der Waals surface area contributed by atoms with E-state index in [0.29, 0.717) is 23.4 Å². The maximum atomic E-state index is 12.7. The van der Waals surface area contributed by atoms with E-state index in [2.05, 4.69) is 14.6 Å². The molecule has 1 aliphatic heterocycles. The predicted molar refractivity (Wildman–Crippen MR) is 119 cm³/mol. The Morgan fingerprint density at radius 2 is 1.77 bits per heavy atom. The molecular weight excluding hydrogens is 422 g/mol. The number of fused-ring (bicyclic) bond motifs is 1. The third kappa shape index (κ3) is 5.10. The number of halogens is 1. The van der Waals surface area contributed by atoms with Crippen molar-refractivity contribution in [3.05, 3.63) is 75.5 Å². The lowest BCUT2D eigenvalue weighted by Gasteiger charge is -2.32. The highest BCUT2D eigenvalue weighted by molar-refractivity contribution is 7.89. The second-order valence-corrected chi connectivity index (χ2v) is 9.97. The van der Waals surface area contributed by atoms with Crippen LogP contribution in [0.1, 0.15) is 18.4 Å². The first-order chi connectivity index (χ1) is 14.4. The number of H-pyrrole nitrogens is 1. The third-order valence-corrected chi connectivity index (χ3v) is 7.27. The Bertz CT molecular complexity index is 1180. The molecule has 0 saturated carbocycles. The number of pyridine rings is 1. The molecule has 0 unspecified atom stereocenters. The van der Waals surface area contributed by atoms with Crippen molar-refractivity contribution in [3.63, 3.8) is 0 Å². The van der Waals surface area contributed by atoms with Gasteiger partial charge in [0.15, 0.2) is 0 Å². The van der Waals surface area contributed by atoms with Crippen LogP contribution in [0.3, 0.4) is 0 Å². The molecule has 2 aromatic carbocycles. The summed E-state index contributed by atoms with van der Waals surface area (Å²) in [7, 11) is -3.60. The van der Waals surface area contributed by atoms with E-state index in [4.69, 9.17) is 11.6 Å².